The molecule has 4 aromatic rings. The second kappa shape index (κ2) is 12.5. The number of aromatic hydroxyl groups is 1. The molecule has 226 valence electrons. The van der Waals surface area contributed by atoms with Gasteiger partial charge in [0.15, 0.2) is 0 Å². The lowest BCUT2D eigenvalue weighted by molar-refractivity contribution is -0.189. The molecule has 3 heterocycles. The summed E-state index contributed by atoms with van der Waals surface area (Å²) in [6, 6.07) is 19.5. The van der Waals surface area contributed by atoms with Crippen molar-refractivity contribution in [3.63, 3.8) is 0 Å². The predicted molar refractivity (Wildman–Crippen MR) is 168 cm³/mol. The van der Waals surface area contributed by atoms with Crippen LogP contribution in [-0.4, -0.2) is 79.6 Å². The first-order chi connectivity index (χ1) is 21.3. The van der Waals surface area contributed by atoms with Crippen molar-refractivity contribution in [2.45, 2.75) is 38.6 Å². The van der Waals surface area contributed by atoms with Crippen LogP contribution in [0.25, 0.3) is 10.2 Å². The van der Waals surface area contributed by atoms with Gasteiger partial charge >= 0.3 is 6.03 Å². The summed E-state index contributed by atoms with van der Waals surface area (Å²) in [6.45, 7) is 6.57. The molecule has 2 fully saturated rings. The molecule has 1 aromatic heterocycles. The van der Waals surface area contributed by atoms with Gasteiger partial charge in [-0.3, -0.25) is 9.59 Å². The van der Waals surface area contributed by atoms with E-state index in [4.69, 9.17) is 0 Å². The van der Waals surface area contributed by atoms with Gasteiger partial charge in [0.2, 0.25) is 11.8 Å². The number of para-hydroxylation sites is 1. The molecule has 0 spiro atoms. The maximum Gasteiger partial charge on any atom is 0.334 e. The molecule has 2 N–H and O–H groups in total. The lowest BCUT2D eigenvalue weighted by atomic mass is 9.97. The smallest absolute Gasteiger partial charge is 0.334 e. The highest BCUT2D eigenvalue weighted by Crippen LogP contribution is 2.31. The van der Waals surface area contributed by atoms with Crippen molar-refractivity contribution in [2.75, 3.05) is 19.6 Å². The topological polar surface area (TPSA) is 109 Å². The van der Waals surface area contributed by atoms with Crippen LogP contribution in [-0.2, 0) is 29.1 Å². The Labute approximate surface area is 259 Å². The Morgan fingerprint density at radius 1 is 1.11 bits per heavy atom. The number of phenolic OH excluding ortho intramolecular Hbond substituents is 1. The number of hydrogen-bond acceptors (Lipinski definition) is 7. The van der Waals surface area contributed by atoms with E-state index in [1.807, 2.05) is 54.6 Å². The van der Waals surface area contributed by atoms with Gasteiger partial charge in [0.05, 0.1) is 28.8 Å². The number of urea groups is 1. The molecule has 0 bridgehead atoms. The standard InChI is InChI=1S/C33H34N6O4S/c1-3-14-37-20-30(41)38-26(16-24-12-13-27(40)22(2)15-24)32(42)36(18-25-10-7-11-28-31(25)35-21-44-28)19-29(38)39(37)33(43)34-17-23-8-5-4-6-9-23/h3-13,15,21,26,29,40H,1,14,16-20H2,2H3,(H,34,43)/t26-,29-/m0/s1. The number of piperazine rings is 1. The van der Waals surface area contributed by atoms with E-state index >= 15 is 0 Å². The quantitative estimate of drug-likeness (QED) is 0.292. The SMILES string of the molecule is C=CCN1CC(=O)N2[C@@H](Cc3ccc(O)c(C)c3)C(=O)N(Cc3cccc4scnc34)C[C@@H]2N1C(=O)NCc1ccccc1. The van der Waals surface area contributed by atoms with Crippen LogP contribution in [0.3, 0.4) is 0 Å². The zero-order chi connectivity index (χ0) is 30.8. The number of carbonyl (C=O) groups is 3. The first kappa shape index (κ1) is 29.3. The zero-order valence-corrected chi connectivity index (χ0v) is 25.2. The Kier molecular flexibility index (Phi) is 8.32. The highest BCUT2D eigenvalue weighted by molar-refractivity contribution is 7.16. The van der Waals surface area contributed by atoms with Gasteiger partial charge in [-0.15, -0.1) is 17.9 Å². The van der Waals surface area contributed by atoms with E-state index in [2.05, 4.69) is 16.9 Å². The number of nitrogens with one attached hydrogen (secondary N) is 1. The Morgan fingerprint density at radius 2 is 1.93 bits per heavy atom. The van der Waals surface area contributed by atoms with Crippen LogP contribution in [0.1, 0.15) is 22.3 Å². The number of hydrogen-bond donors (Lipinski definition) is 2. The van der Waals surface area contributed by atoms with Gasteiger partial charge in [0.1, 0.15) is 18.0 Å². The van der Waals surface area contributed by atoms with Crippen molar-refractivity contribution in [3.8, 4) is 5.75 Å². The second-order valence-electron chi connectivity index (χ2n) is 11.1. The molecule has 10 nitrogen and oxygen atoms in total. The van der Waals surface area contributed by atoms with Crippen LogP contribution >= 0.6 is 11.3 Å². The molecule has 0 radical (unpaired) electrons. The second-order valence-corrected chi connectivity index (χ2v) is 12.0. The molecule has 4 amide bonds. The average Bonchev–Trinajstić information content (AvgIpc) is 3.51. The summed E-state index contributed by atoms with van der Waals surface area (Å²) in [5.74, 6) is -0.275. The molecule has 2 atom stereocenters. The number of fused-ring (bicyclic) bond motifs is 2. The van der Waals surface area contributed by atoms with Gasteiger partial charge in [0, 0.05) is 26.1 Å². The van der Waals surface area contributed by atoms with E-state index in [1.165, 1.54) is 11.3 Å². The van der Waals surface area contributed by atoms with Crippen molar-refractivity contribution in [3.05, 3.63) is 107 Å². The number of rotatable bonds is 8. The van der Waals surface area contributed by atoms with Crippen LogP contribution < -0.4 is 5.32 Å². The number of aromatic nitrogens is 1. The van der Waals surface area contributed by atoms with Gasteiger partial charge in [-0.2, -0.15) is 0 Å². The largest absolute Gasteiger partial charge is 0.508 e. The van der Waals surface area contributed by atoms with E-state index < -0.39 is 12.2 Å². The molecule has 0 unspecified atom stereocenters. The number of aryl methyl sites for hydroxylation is 1. The monoisotopic (exact) mass is 610 g/mol. The molecule has 6 rings (SSSR count). The summed E-state index contributed by atoms with van der Waals surface area (Å²) in [5.41, 5.74) is 5.95. The van der Waals surface area contributed by atoms with Crippen LogP contribution in [0.15, 0.2) is 84.9 Å². The number of carbonyl (C=O) groups excluding carboxylic acids is 3. The van der Waals surface area contributed by atoms with Gasteiger partial charge in [-0.05, 0) is 41.3 Å². The number of thiazole rings is 1. The van der Waals surface area contributed by atoms with Crippen LogP contribution in [0.4, 0.5) is 4.79 Å². The van der Waals surface area contributed by atoms with E-state index in [9.17, 15) is 19.5 Å². The maximum atomic E-state index is 14.3. The minimum absolute atomic E-state index is 0.0716. The summed E-state index contributed by atoms with van der Waals surface area (Å²) in [7, 11) is 0. The third-order valence-corrected chi connectivity index (χ3v) is 8.95. The van der Waals surface area contributed by atoms with Gasteiger partial charge in [0.25, 0.3) is 0 Å². The normalized spacial score (nSPS) is 18.9. The average molecular weight is 611 g/mol. The molecule has 0 aliphatic carbocycles. The van der Waals surface area contributed by atoms with Crippen molar-refractivity contribution in [2.24, 2.45) is 0 Å². The number of benzene rings is 3. The van der Waals surface area contributed by atoms with E-state index in [0.717, 1.165) is 26.9 Å². The summed E-state index contributed by atoms with van der Waals surface area (Å²) in [4.78, 5) is 49.8. The highest BCUT2D eigenvalue weighted by Gasteiger charge is 2.51. The minimum atomic E-state index is -0.852. The molecule has 2 aliphatic rings. The fourth-order valence-electron chi connectivity index (χ4n) is 6.04. The first-order valence-corrected chi connectivity index (χ1v) is 15.4. The Balaban J connectivity index is 1.37. The lowest BCUT2D eigenvalue weighted by Gasteiger charge is -2.55. The summed E-state index contributed by atoms with van der Waals surface area (Å²) >= 11 is 1.54. The van der Waals surface area contributed by atoms with Gasteiger partial charge < -0.3 is 20.2 Å². The summed E-state index contributed by atoms with van der Waals surface area (Å²) in [6.07, 6.45) is 1.15. The molecular formula is C33H34N6O4S. The third kappa shape index (κ3) is 5.76. The van der Waals surface area contributed by atoms with Crippen molar-refractivity contribution >= 4 is 39.4 Å². The number of hydrazine groups is 1. The van der Waals surface area contributed by atoms with Gasteiger partial charge in [-0.1, -0.05) is 60.7 Å². The molecule has 2 saturated heterocycles. The highest BCUT2D eigenvalue weighted by atomic mass is 32.1. The fraction of sp³-hybridized carbons (Fsp3) is 0.273. The zero-order valence-electron chi connectivity index (χ0n) is 24.4. The minimum Gasteiger partial charge on any atom is -0.508 e. The molecular weight excluding hydrogens is 576 g/mol. The number of amides is 4. The van der Waals surface area contributed by atoms with Crippen LogP contribution in [0.2, 0.25) is 0 Å². The molecule has 3 aromatic carbocycles. The van der Waals surface area contributed by atoms with Crippen molar-refractivity contribution < 1.29 is 19.5 Å². The molecule has 44 heavy (non-hydrogen) atoms. The molecule has 0 saturated carbocycles. The predicted octanol–water partition coefficient (Wildman–Crippen LogP) is 4.05. The Hall–Kier alpha value is -4.74. The van der Waals surface area contributed by atoms with E-state index in [-0.39, 0.29) is 56.2 Å². The number of nitrogens with zero attached hydrogens (tertiary/aromatic N) is 5. The Bertz CT molecular complexity index is 1710. The fourth-order valence-corrected chi connectivity index (χ4v) is 6.77. The number of phenols is 1. The Morgan fingerprint density at radius 3 is 2.70 bits per heavy atom. The summed E-state index contributed by atoms with van der Waals surface area (Å²) < 4.78 is 1.02. The van der Waals surface area contributed by atoms with Crippen LogP contribution in [0, 0.1) is 6.92 Å². The van der Waals surface area contributed by atoms with Crippen molar-refractivity contribution in [1.82, 2.24) is 30.1 Å². The molecule has 11 heteroatoms. The van der Waals surface area contributed by atoms with E-state index in [1.54, 1.807) is 50.5 Å². The van der Waals surface area contributed by atoms with E-state index in [0.29, 0.717) is 12.1 Å². The van der Waals surface area contributed by atoms with Crippen molar-refractivity contribution in [1.29, 1.82) is 0 Å². The van der Waals surface area contributed by atoms with Crippen LogP contribution in [0.5, 0.6) is 5.75 Å². The first-order valence-electron chi connectivity index (χ1n) is 14.5. The summed E-state index contributed by atoms with van der Waals surface area (Å²) in [5, 5.41) is 16.4. The third-order valence-electron chi connectivity index (χ3n) is 8.16. The lowest BCUT2D eigenvalue weighted by Crippen LogP contribution is -2.76. The van der Waals surface area contributed by atoms with Gasteiger partial charge in [-0.25, -0.2) is 19.8 Å². The maximum absolute atomic E-state index is 14.3. The molecule has 2 aliphatic heterocycles.